The molecule has 0 N–H and O–H groups in total. The molecule has 1 unspecified atom stereocenters. The first kappa shape index (κ1) is 20.1. The van der Waals surface area contributed by atoms with Gasteiger partial charge in [0.05, 0.1) is 17.6 Å². The fourth-order valence-electron chi connectivity index (χ4n) is 3.91. The summed E-state index contributed by atoms with van der Waals surface area (Å²) in [4.78, 5) is 15.0. The minimum absolute atomic E-state index is 0.150. The molecule has 27 heavy (non-hydrogen) atoms. The zero-order valence-corrected chi connectivity index (χ0v) is 17.3. The lowest BCUT2D eigenvalue weighted by molar-refractivity contribution is 0.0693. The predicted molar refractivity (Wildman–Crippen MR) is 104 cm³/mol. The van der Waals surface area contributed by atoms with Crippen LogP contribution in [0.3, 0.4) is 0 Å². The van der Waals surface area contributed by atoms with Gasteiger partial charge in [-0.05, 0) is 55.7 Å². The summed E-state index contributed by atoms with van der Waals surface area (Å²) < 4.78 is 33.1. The number of likely N-dealkylation sites (tertiary alicyclic amines) is 1. The number of hydrogen-bond donors (Lipinski definition) is 0. The summed E-state index contributed by atoms with van der Waals surface area (Å²) >= 11 is 0. The Morgan fingerprint density at radius 3 is 2.41 bits per heavy atom. The van der Waals surface area contributed by atoms with E-state index in [0.29, 0.717) is 49.3 Å². The molecule has 2 aliphatic heterocycles. The number of methoxy groups -OCH3 is 1. The average molecular weight is 395 g/mol. The molecule has 1 aromatic carbocycles. The molecular weight excluding hydrogens is 364 g/mol. The van der Waals surface area contributed by atoms with Crippen molar-refractivity contribution in [2.24, 2.45) is 11.8 Å². The van der Waals surface area contributed by atoms with Crippen molar-refractivity contribution in [1.29, 1.82) is 0 Å². The minimum Gasteiger partial charge on any atom is -0.496 e. The van der Waals surface area contributed by atoms with Crippen LogP contribution in [0.2, 0.25) is 0 Å². The summed E-state index contributed by atoms with van der Waals surface area (Å²) in [5.74, 6) is 1.24. The number of sulfonamides is 1. The monoisotopic (exact) mass is 394 g/mol. The van der Waals surface area contributed by atoms with Crippen molar-refractivity contribution in [2.75, 3.05) is 33.3 Å². The fraction of sp³-hybridized carbons (Fsp3) is 0.650. The first-order chi connectivity index (χ1) is 12.8. The van der Waals surface area contributed by atoms with Crippen LogP contribution in [0.1, 0.15) is 49.9 Å². The second kappa shape index (κ2) is 8.19. The van der Waals surface area contributed by atoms with Crippen molar-refractivity contribution >= 4 is 15.9 Å². The summed E-state index contributed by atoms with van der Waals surface area (Å²) in [5.41, 5.74) is 0.332. The van der Waals surface area contributed by atoms with E-state index < -0.39 is 10.0 Å². The lowest BCUT2D eigenvalue weighted by atomic mass is 9.98. The van der Waals surface area contributed by atoms with Crippen LogP contribution in [-0.4, -0.2) is 56.8 Å². The second-order valence-corrected chi connectivity index (χ2v) is 9.89. The molecule has 0 aromatic heterocycles. The Kier molecular flexibility index (Phi) is 6.11. The summed E-state index contributed by atoms with van der Waals surface area (Å²) in [6.45, 7) is 6.72. The summed E-state index contributed by atoms with van der Waals surface area (Å²) in [7, 11) is -2.10. The molecular formula is C20H30N2O4S. The average Bonchev–Trinajstić information content (AvgIpc) is 2.67. The van der Waals surface area contributed by atoms with Gasteiger partial charge in [0, 0.05) is 26.2 Å². The molecule has 2 heterocycles. The Hall–Kier alpha value is -1.60. The van der Waals surface area contributed by atoms with Gasteiger partial charge in [0.1, 0.15) is 5.75 Å². The van der Waals surface area contributed by atoms with Crippen molar-refractivity contribution in [1.82, 2.24) is 9.21 Å². The smallest absolute Gasteiger partial charge is 0.257 e. The highest BCUT2D eigenvalue weighted by Crippen LogP contribution is 2.29. The van der Waals surface area contributed by atoms with Crippen LogP contribution < -0.4 is 4.74 Å². The van der Waals surface area contributed by atoms with Crippen LogP contribution in [0.25, 0.3) is 0 Å². The van der Waals surface area contributed by atoms with Gasteiger partial charge in [-0.15, -0.1) is 0 Å². The van der Waals surface area contributed by atoms with E-state index in [0.717, 1.165) is 25.7 Å². The van der Waals surface area contributed by atoms with E-state index in [4.69, 9.17) is 4.74 Å². The molecule has 0 bridgehead atoms. The van der Waals surface area contributed by atoms with Crippen molar-refractivity contribution in [2.45, 2.75) is 44.4 Å². The van der Waals surface area contributed by atoms with Crippen LogP contribution in [0.5, 0.6) is 5.75 Å². The molecule has 2 aliphatic rings. The molecule has 150 valence electrons. The van der Waals surface area contributed by atoms with Gasteiger partial charge in [-0.2, -0.15) is 4.31 Å². The number of nitrogens with zero attached hydrogens (tertiary/aromatic N) is 2. The molecule has 6 nitrogen and oxygen atoms in total. The van der Waals surface area contributed by atoms with E-state index in [2.05, 4.69) is 13.8 Å². The fourth-order valence-corrected chi connectivity index (χ4v) is 5.54. The van der Waals surface area contributed by atoms with Crippen LogP contribution in [0, 0.1) is 11.8 Å². The van der Waals surface area contributed by atoms with Crippen molar-refractivity contribution < 1.29 is 17.9 Å². The largest absolute Gasteiger partial charge is 0.496 e. The number of hydrogen-bond acceptors (Lipinski definition) is 4. The highest BCUT2D eigenvalue weighted by atomic mass is 32.2. The standard InChI is InChI=1S/C20H30N2O4S/c1-15-8-11-21(12-9-15)20(23)18-13-17(6-7-19(18)26-3)27(24,25)22-10-4-5-16(2)14-22/h6-7,13,15-16H,4-5,8-12,14H2,1-3H3. The van der Waals surface area contributed by atoms with Crippen LogP contribution in [0.4, 0.5) is 0 Å². The first-order valence-electron chi connectivity index (χ1n) is 9.80. The third-order valence-electron chi connectivity index (χ3n) is 5.73. The van der Waals surface area contributed by atoms with Gasteiger partial charge in [0.15, 0.2) is 0 Å². The first-order valence-corrected chi connectivity index (χ1v) is 11.2. The molecule has 0 aliphatic carbocycles. The van der Waals surface area contributed by atoms with Crippen LogP contribution >= 0.6 is 0 Å². The van der Waals surface area contributed by atoms with Gasteiger partial charge >= 0.3 is 0 Å². The molecule has 3 rings (SSSR count). The maximum Gasteiger partial charge on any atom is 0.257 e. The summed E-state index contributed by atoms with van der Waals surface area (Å²) in [5, 5.41) is 0. The van der Waals surface area contributed by atoms with Gasteiger partial charge in [0.25, 0.3) is 5.91 Å². The van der Waals surface area contributed by atoms with Crippen molar-refractivity contribution in [3.05, 3.63) is 23.8 Å². The molecule has 2 fully saturated rings. The highest BCUT2D eigenvalue weighted by molar-refractivity contribution is 7.89. The maximum atomic E-state index is 13.1. The topological polar surface area (TPSA) is 66.9 Å². The van der Waals surface area contributed by atoms with Crippen molar-refractivity contribution in [3.8, 4) is 5.75 Å². The molecule has 0 radical (unpaired) electrons. The Morgan fingerprint density at radius 2 is 1.78 bits per heavy atom. The summed E-state index contributed by atoms with van der Waals surface area (Å²) in [6, 6.07) is 4.64. The number of rotatable bonds is 4. The Morgan fingerprint density at radius 1 is 1.07 bits per heavy atom. The number of benzene rings is 1. The van der Waals surface area contributed by atoms with E-state index >= 15 is 0 Å². The highest BCUT2D eigenvalue weighted by Gasteiger charge is 2.31. The normalized spacial score (nSPS) is 22.6. The van der Waals surface area contributed by atoms with E-state index in [1.807, 2.05) is 0 Å². The molecule has 7 heteroatoms. The second-order valence-electron chi connectivity index (χ2n) is 7.95. The molecule has 2 saturated heterocycles. The third-order valence-corrected chi connectivity index (χ3v) is 7.59. The van der Waals surface area contributed by atoms with Crippen LogP contribution in [-0.2, 0) is 10.0 Å². The van der Waals surface area contributed by atoms with Gasteiger partial charge in [0.2, 0.25) is 10.0 Å². The van der Waals surface area contributed by atoms with Gasteiger partial charge in [-0.1, -0.05) is 13.8 Å². The molecule has 0 saturated carbocycles. The quantitative estimate of drug-likeness (QED) is 0.787. The zero-order valence-electron chi connectivity index (χ0n) is 16.5. The number of carbonyl (C=O) groups is 1. The van der Waals surface area contributed by atoms with E-state index in [9.17, 15) is 13.2 Å². The van der Waals surface area contributed by atoms with Gasteiger partial charge in [-0.3, -0.25) is 4.79 Å². The number of piperidine rings is 2. The zero-order chi connectivity index (χ0) is 19.6. The lowest BCUT2D eigenvalue weighted by Crippen LogP contribution is -2.39. The Balaban J connectivity index is 1.90. The Bertz CT molecular complexity index is 785. The molecule has 1 atom stereocenters. The lowest BCUT2D eigenvalue weighted by Gasteiger charge is -2.31. The minimum atomic E-state index is -3.61. The maximum absolute atomic E-state index is 13.1. The third kappa shape index (κ3) is 4.29. The number of amides is 1. The van der Waals surface area contributed by atoms with E-state index in [1.54, 1.807) is 21.3 Å². The molecule has 1 amide bonds. The Labute approximate surface area is 162 Å². The molecule has 1 aromatic rings. The van der Waals surface area contributed by atoms with Gasteiger partial charge in [-0.25, -0.2) is 8.42 Å². The molecule has 0 spiro atoms. The summed E-state index contributed by atoms with van der Waals surface area (Å²) in [6.07, 6.45) is 3.86. The van der Waals surface area contributed by atoms with Crippen molar-refractivity contribution in [3.63, 3.8) is 0 Å². The van der Waals surface area contributed by atoms with Crippen LogP contribution in [0.15, 0.2) is 23.1 Å². The predicted octanol–water partition coefficient (Wildman–Crippen LogP) is 2.99. The SMILES string of the molecule is COc1ccc(S(=O)(=O)N2CCCC(C)C2)cc1C(=O)N1CCC(C)CC1. The number of carbonyl (C=O) groups excluding carboxylic acids is 1. The van der Waals surface area contributed by atoms with Gasteiger partial charge < -0.3 is 9.64 Å². The van der Waals surface area contributed by atoms with E-state index in [-0.39, 0.29) is 10.8 Å². The number of ether oxygens (including phenoxy) is 1. The van der Waals surface area contributed by atoms with E-state index in [1.165, 1.54) is 13.2 Å².